The number of furan rings is 1. The summed E-state index contributed by atoms with van der Waals surface area (Å²) < 4.78 is 5.43. The Bertz CT molecular complexity index is 1110. The van der Waals surface area contributed by atoms with E-state index in [0.717, 1.165) is 5.56 Å². The minimum Gasteiger partial charge on any atom is -0.467 e. The molecule has 8 nitrogen and oxygen atoms in total. The molecular formula is C25H27N3O5. The molecule has 0 atom stereocenters. The number of carbonyl (C=O) groups excluding carboxylic acids is 2. The number of nitrogens with zero attached hydrogens (tertiary/aromatic N) is 3. The summed E-state index contributed by atoms with van der Waals surface area (Å²) in [5.74, 6) is -0.0473. The van der Waals surface area contributed by atoms with Crippen LogP contribution in [0.2, 0.25) is 0 Å². The van der Waals surface area contributed by atoms with Crippen LogP contribution in [0.4, 0.5) is 5.69 Å². The van der Waals surface area contributed by atoms with Crippen molar-refractivity contribution in [3.8, 4) is 0 Å². The van der Waals surface area contributed by atoms with Gasteiger partial charge in [-0.2, -0.15) is 0 Å². The van der Waals surface area contributed by atoms with Crippen molar-refractivity contribution in [2.24, 2.45) is 0 Å². The number of benzene rings is 2. The minimum atomic E-state index is -0.512. The molecule has 0 aliphatic carbocycles. The molecule has 0 spiro atoms. The molecule has 0 saturated carbocycles. The fourth-order valence-corrected chi connectivity index (χ4v) is 3.47. The highest BCUT2D eigenvalue weighted by Crippen LogP contribution is 2.21. The third kappa shape index (κ3) is 6.06. The van der Waals surface area contributed by atoms with Crippen LogP contribution in [-0.4, -0.2) is 39.1 Å². The molecule has 1 aromatic heterocycles. The predicted octanol–water partition coefficient (Wildman–Crippen LogP) is 4.58. The van der Waals surface area contributed by atoms with E-state index in [0.29, 0.717) is 17.9 Å². The molecule has 3 rings (SSSR count). The highest BCUT2D eigenvalue weighted by molar-refractivity contribution is 5.97. The molecule has 0 unspecified atom stereocenters. The number of hydrogen-bond donors (Lipinski definition) is 0. The maximum atomic E-state index is 13.3. The Kier molecular flexibility index (Phi) is 7.61. The Morgan fingerprint density at radius 3 is 2.36 bits per heavy atom. The largest absolute Gasteiger partial charge is 0.467 e. The highest BCUT2D eigenvalue weighted by atomic mass is 16.6. The van der Waals surface area contributed by atoms with Crippen molar-refractivity contribution in [2.45, 2.75) is 39.9 Å². The molecular weight excluding hydrogens is 422 g/mol. The molecule has 2 aromatic carbocycles. The Hall–Kier alpha value is -3.94. The van der Waals surface area contributed by atoms with Crippen LogP contribution < -0.4 is 0 Å². The van der Waals surface area contributed by atoms with Gasteiger partial charge in [-0.15, -0.1) is 0 Å². The van der Waals surface area contributed by atoms with E-state index in [1.807, 2.05) is 44.2 Å². The Morgan fingerprint density at radius 2 is 1.76 bits per heavy atom. The first-order valence-corrected chi connectivity index (χ1v) is 10.7. The summed E-state index contributed by atoms with van der Waals surface area (Å²) in [5, 5.41) is 11.3. The molecule has 3 aromatic rings. The Balaban J connectivity index is 1.83. The number of nitro groups is 1. The molecule has 0 aliphatic heterocycles. The van der Waals surface area contributed by atoms with Crippen LogP contribution in [0.1, 0.15) is 41.1 Å². The van der Waals surface area contributed by atoms with E-state index in [4.69, 9.17) is 4.42 Å². The molecule has 0 bridgehead atoms. The van der Waals surface area contributed by atoms with E-state index in [1.54, 1.807) is 42.4 Å². The lowest BCUT2D eigenvalue weighted by Crippen LogP contribution is -2.45. The van der Waals surface area contributed by atoms with Gasteiger partial charge in [0.2, 0.25) is 5.91 Å². The maximum absolute atomic E-state index is 13.3. The van der Waals surface area contributed by atoms with Gasteiger partial charge >= 0.3 is 0 Å². The number of aryl methyl sites for hydroxylation is 1. The van der Waals surface area contributed by atoms with Crippen molar-refractivity contribution in [3.63, 3.8) is 0 Å². The average Bonchev–Trinajstić information content (AvgIpc) is 3.30. The lowest BCUT2D eigenvalue weighted by Gasteiger charge is -2.30. The summed E-state index contributed by atoms with van der Waals surface area (Å²) in [6, 6.07) is 17.2. The van der Waals surface area contributed by atoms with Gasteiger partial charge in [-0.05, 0) is 44.5 Å². The summed E-state index contributed by atoms with van der Waals surface area (Å²) in [5.41, 5.74) is 1.47. The molecule has 0 saturated heterocycles. The Morgan fingerprint density at radius 1 is 1.03 bits per heavy atom. The molecule has 0 N–H and O–H groups in total. The molecule has 1 heterocycles. The molecule has 0 aliphatic rings. The smallest absolute Gasteiger partial charge is 0.273 e. The highest BCUT2D eigenvalue weighted by Gasteiger charge is 2.26. The molecule has 33 heavy (non-hydrogen) atoms. The zero-order chi connectivity index (χ0) is 24.0. The fraction of sp³-hybridized carbons (Fsp3) is 0.280. The summed E-state index contributed by atoms with van der Waals surface area (Å²) in [4.78, 5) is 40.4. The molecule has 0 fully saturated rings. The number of rotatable bonds is 9. The van der Waals surface area contributed by atoms with E-state index in [2.05, 4.69) is 0 Å². The number of amides is 2. The van der Waals surface area contributed by atoms with Gasteiger partial charge < -0.3 is 14.2 Å². The third-order valence-electron chi connectivity index (χ3n) is 5.34. The minimum absolute atomic E-state index is 0.126. The zero-order valence-corrected chi connectivity index (χ0v) is 18.9. The molecule has 172 valence electrons. The number of hydrogen-bond acceptors (Lipinski definition) is 5. The monoisotopic (exact) mass is 449 g/mol. The standard InChI is InChI=1S/C25H27N3O5/c1-18(2)27(25(30)21-12-11-19(3)23(14-21)28(31)32)17-24(29)26(16-22-10-7-13-33-22)15-20-8-5-4-6-9-20/h4-14,18H,15-17H2,1-3H3. The topological polar surface area (TPSA) is 96.9 Å². The van der Waals surface area contributed by atoms with Crippen molar-refractivity contribution in [1.29, 1.82) is 0 Å². The lowest BCUT2D eigenvalue weighted by atomic mass is 10.1. The zero-order valence-electron chi connectivity index (χ0n) is 18.9. The quantitative estimate of drug-likeness (QED) is 0.352. The van der Waals surface area contributed by atoms with Crippen molar-refractivity contribution in [1.82, 2.24) is 9.80 Å². The van der Waals surface area contributed by atoms with Gasteiger partial charge in [-0.1, -0.05) is 36.4 Å². The lowest BCUT2D eigenvalue weighted by molar-refractivity contribution is -0.385. The van der Waals surface area contributed by atoms with Crippen molar-refractivity contribution < 1.29 is 18.9 Å². The molecule has 2 amide bonds. The van der Waals surface area contributed by atoms with Crippen LogP contribution in [0.15, 0.2) is 71.3 Å². The van der Waals surface area contributed by atoms with Crippen LogP contribution in [0.3, 0.4) is 0 Å². The second-order valence-electron chi connectivity index (χ2n) is 8.10. The van der Waals surface area contributed by atoms with E-state index >= 15 is 0 Å². The number of nitro benzene ring substituents is 1. The van der Waals surface area contributed by atoms with E-state index in [-0.39, 0.29) is 36.3 Å². The van der Waals surface area contributed by atoms with Gasteiger partial charge in [0, 0.05) is 29.8 Å². The predicted molar refractivity (Wildman–Crippen MR) is 123 cm³/mol. The van der Waals surface area contributed by atoms with Crippen LogP contribution in [0.5, 0.6) is 0 Å². The average molecular weight is 450 g/mol. The van der Waals surface area contributed by atoms with Gasteiger partial charge in [0.25, 0.3) is 11.6 Å². The van der Waals surface area contributed by atoms with Crippen molar-refractivity contribution in [2.75, 3.05) is 6.54 Å². The Labute approximate surface area is 192 Å². The molecule has 8 heteroatoms. The van der Waals surface area contributed by atoms with Gasteiger partial charge in [-0.25, -0.2) is 0 Å². The van der Waals surface area contributed by atoms with E-state index in [1.165, 1.54) is 11.0 Å². The summed E-state index contributed by atoms with van der Waals surface area (Å²) >= 11 is 0. The SMILES string of the molecule is Cc1ccc(C(=O)N(CC(=O)N(Cc2ccccc2)Cc2ccco2)C(C)C)cc1[N+](=O)[O-]. The molecule has 0 radical (unpaired) electrons. The summed E-state index contributed by atoms with van der Waals surface area (Å²) in [6.07, 6.45) is 1.55. The third-order valence-corrected chi connectivity index (χ3v) is 5.34. The van der Waals surface area contributed by atoms with Gasteiger partial charge in [0.05, 0.1) is 17.7 Å². The maximum Gasteiger partial charge on any atom is 0.273 e. The number of carbonyl (C=O) groups is 2. The van der Waals surface area contributed by atoms with Crippen LogP contribution in [-0.2, 0) is 17.9 Å². The van der Waals surface area contributed by atoms with Crippen molar-refractivity contribution in [3.05, 3.63) is 99.5 Å². The first kappa shape index (κ1) is 23.7. The second-order valence-corrected chi connectivity index (χ2v) is 8.10. The first-order chi connectivity index (χ1) is 15.8. The first-order valence-electron chi connectivity index (χ1n) is 10.7. The van der Waals surface area contributed by atoms with Gasteiger partial charge in [-0.3, -0.25) is 19.7 Å². The second kappa shape index (κ2) is 10.6. The van der Waals surface area contributed by atoms with E-state index in [9.17, 15) is 19.7 Å². The van der Waals surface area contributed by atoms with Crippen LogP contribution in [0, 0.1) is 17.0 Å². The fourth-order valence-electron chi connectivity index (χ4n) is 3.47. The normalized spacial score (nSPS) is 10.8. The van der Waals surface area contributed by atoms with Gasteiger partial charge in [0.1, 0.15) is 12.3 Å². The van der Waals surface area contributed by atoms with Crippen LogP contribution >= 0.6 is 0 Å². The van der Waals surface area contributed by atoms with Crippen molar-refractivity contribution >= 4 is 17.5 Å². The van der Waals surface area contributed by atoms with Gasteiger partial charge in [0.15, 0.2) is 0 Å². The van der Waals surface area contributed by atoms with E-state index < -0.39 is 10.8 Å². The summed E-state index contributed by atoms with van der Waals surface area (Å²) in [6.45, 7) is 5.69. The summed E-state index contributed by atoms with van der Waals surface area (Å²) in [7, 11) is 0. The van der Waals surface area contributed by atoms with Crippen LogP contribution in [0.25, 0.3) is 0 Å².